The van der Waals surface area contributed by atoms with Crippen LogP contribution in [0.1, 0.15) is 5.56 Å². The Morgan fingerprint density at radius 3 is 2.82 bits per heavy atom. The van der Waals surface area contributed by atoms with Gasteiger partial charge in [-0.15, -0.1) is 0 Å². The van der Waals surface area contributed by atoms with E-state index in [2.05, 4.69) is 18.1 Å². The second kappa shape index (κ2) is 3.63. The molecule has 0 aliphatic heterocycles. The van der Waals surface area contributed by atoms with E-state index in [1.54, 1.807) is 0 Å². The molecule has 0 fully saturated rings. The maximum atomic E-state index is 5.78. The predicted octanol–water partition coefficient (Wildman–Crippen LogP) is 3.39. The molecule has 3 rings (SSSR count). The second-order valence-electron chi connectivity index (χ2n) is 4.16. The van der Waals surface area contributed by atoms with Crippen molar-refractivity contribution in [1.82, 2.24) is 5.16 Å². The Bertz CT molecular complexity index is 686. The van der Waals surface area contributed by atoms with Gasteiger partial charge in [0.15, 0.2) is 5.58 Å². The normalized spacial score (nSPS) is 10.9. The minimum atomic E-state index is 0.728. The SMILES string of the molecule is Cc1ccc2onc(-c3cccc(N)c3)c2c1. The van der Waals surface area contributed by atoms with Gasteiger partial charge >= 0.3 is 0 Å². The van der Waals surface area contributed by atoms with Gasteiger partial charge in [-0.3, -0.25) is 0 Å². The fourth-order valence-corrected chi connectivity index (χ4v) is 1.95. The molecule has 0 spiro atoms. The van der Waals surface area contributed by atoms with Crippen LogP contribution in [0.15, 0.2) is 47.0 Å². The van der Waals surface area contributed by atoms with E-state index in [9.17, 15) is 0 Å². The van der Waals surface area contributed by atoms with E-state index < -0.39 is 0 Å². The zero-order valence-corrected chi connectivity index (χ0v) is 9.47. The van der Waals surface area contributed by atoms with Crippen molar-refractivity contribution >= 4 is 16.7 Å². The van der Waals surface area contributed by atoms with Crippen molar-refractivity contribution < 1.29 is 4.52 Å². The van der Waals surface area contributed by atoms with Crippen molar-refractivity contribution in [2.24, 2.45) is 0 Å². The Kier molecular flexibility index (Phi) is 2.11. The Balaban J connectivity index is 2.27. The highest BCUT2D eigenvalue weighted by atomic mass is 16.5. The van der Waals surface area contributed by atoms with E-state index >= 15 is 0 Å². The minimum absolute atomic E-state index is 0.728. The van der Waals surface area contributed by atoms with Gasteiger partial charge in [-0.2, -0.15) is 0 Å². The highest BCUT2D eigenvalue weighted by Gasteiger charge is 2.10. The molecule has 0 atom stereocenters. The van der Waals surface area contributed by atoms with Crippen LogP contribution in [0.2, 0.25) is 0 Å². The lowest BCUT2D eigenvalue weighted by Crippen LogP contribution is -1.85. The number of nitrogens with zero attached hydrogens (tertiary/aromatic N) is 1. The van der Waals surface area contributed by atoms with Crippen LogP contribution in [-0.2, 0) is 0 Å². The largest absolute Gasteiger partial charge is 0.399 e. The fraction of sp³-hybridized carbons (Fsp3) is 0.0714. The van der Waals surface area contributed by atoms with Gasteiger partial charge in [-0.05, 0) is 31.2 Å². The molecule has 2 N–H and O–H groups in total. The monoisotopic (exact) mass is 224 g/mol. The summed E-state index contributed by atoms with van der Waals surface area (Å²) in [6, 6.07) is 13.7. The quantitative estimate of drug-likeness (QED) is 0.644. The van der Waals surface area contributed by atoms with Crippen LogP contribution in [0.4, 0.5) is 5.69 Å². The van der Waals surface area contributed by atoms with Gasteiger partial charge < -0.3 is 10.3 Å². The van der Waals surface area contributed by atoms with Gasteiger partial charge in [0.2, 0.25) is 0 Å². The van der Waals surface area contributed by atoms with E-state index in [1.807, 2.05) is 36.4 Å². The van der Waals surface area contributed by atoms with Crippen molar-refractivity contribution in [1.29, 1.82) is 0 Å². The molecule has 3 aromatic rings. The molecule has 0 amide bonds. The zero-order valence-electron chi connectivity index (χ0n) is 9.47. The third-order valence-corrected chi connectivity index (χ3v) is 2.79. The Hall–Kier alpha value is -2.29. The smallest absolute Gasteiger partial charge is 0.167 e. The van der Waals surface area contributed by atoms with E-state index in [0.717, 1.165) is 27.9 Å². The number of nitrogens with two attached hydrogens (primary N) is 1. The average molecular weight is 224 g/mol. The number of nitrogen functional groups attached to an aromatic ring is 1. The topological polar surface area (TPSA) is 52.0 Å². The van der Waals surface area contributed by atoms with Gasteiger partial charge in [0.25, 0.3) is 0 Å². The number of fused-ring (bicyclic) bond motifs is 1. The maximum absolute atomic E-state index is 5.78. The van der Waals surface area contributed by atoms with E-state index in [-0.39, 0.29) is 0 Å². The molecular weight excluding hydrogens is 212 g/mol. The number of hydrogen-bond acceptors (Lipinski definition) is 3. The maximum Gasteiger partial charge on any atom is 0.167 e. The summed E-state index contributed by atoms with van der Waals surface area (Å²) in [7, 11) is 0. The van der Waals surface area contributed by atoms with Crippen molar-refractivity contribution in [2.75, 3.05) is 5.73 Å². The molecule has 0 unspecified atom stereocenters. The molecule has 0 aliphatic carbocycles. The van der Waals surface area contributed by atoms with E-state index in [0.29, 0.717) is 0 Å². The predicted molar refractivity (Wildman–Crippen MR) is 68.6 cm³/mol. The molecule has 17 heavy (non-hydrogen) atoms. The molecule has 0 radical (unpaired) electrons. The lowest BCUT2D eigenvalue weighted by Gasteiger charge is -1.98. The summed E-state index contributed by atoms with van der Waals surface area (Å²) >= 11 is 0. The van der Waals surface area contributed by atoms with Crippen LogP contribution < -0.4 is 5.73 Å². The molecule has 1 aromatic heterocycles. The Morgan fingerprint density at radius 2 is 2.00 bits per heavy atom. The molecule has 0 bridgehead atoms. The van der Waals surface area contributed by atoms with E-state index in [1.165, 1.54) is 5.56 Å². The number of anilines is 1. The third kappa shape index (κ3) is 1.65. The fourth-order valence-electron chi connectivity index (χ4n) is 1.95. The Labute approximate surface area is 98.8 Å². The molecule has 84 valence electrons. The van der Waals surface area contributed by atoms with Crippen molar-refractivity contribution in [3.8, 4) is 11.3 Å². The molecule has 1 heterocycles. The molecule has 3 nitrogen and oxygen atoms in total. The molecular formula is C14H12N2O. The van der Waals surface area contributed by atoms with Crippen molar-refractivity contribution in [3.63, 3.8) is 0 Å². The molecule has 0 aliphatic rings. The summed E-state index contributed by atoms with van der Waals surface area (Å²) in [4.78, 5) is 0. The summed E-state index contributed by atoms with van der Waals surface area (Å²) in [5, 5.41) is 5.14. The summed E-state index contributed by atoms with van der Waals surface area (Å²) in [6.45, 7) is 2.05. The van der Waals surface area contributed by atoms with Crippen LogP contribution in [-0.4, -0.2) is 5.16 Å². The number of hydrogen-bond donors (Lipinski definition) is 1. The first-order chi connectivity index (χ1) is 8.24. The van der Waals surface area contributed by atoms with Gasteiger partial charge in [-0.25, -0.2) is 0 Å². The van der Waals surface area contributed by atoms with Crippen LogP contribution in [0.25, 0.3) is 22.2 Å². The lowest BCUT2D eigenvalue weighted by atomic mass is 10.1. The van der Waals surface area contributed by atoms with Crippen LogP contribution in [0.5, 0.6) is 0 Å². The second-order valence-corrected chi connectivity index (χ2v) is 4.16. The van der Waals surface area contributed by atoms with Crippen molar-refractivity contribution in [2.45, 2.75) is 6.92 Å². The van der Waals surface area contributed by atoms with Gasteiger partial charge in [-0.1, -0.05) is 28.9 Å². The minimum Gasteiger partial charge on any atom is -0.399 e. The number of benzene rings is 2. The third-order valence-electron chi connectivity index (χ3n) is 2.79. The lowest BCUT2D eigenvalue weighted by molar-refractivity contribution is 0.459. The Morgan fingerprint density at radius 1 is 1.12 bits per heavy atom. The van der Waals surface area contributed by atoms with Crippen LogP contribution in [0.3, 0.4) is 0 Å². The first kappa shape index (κ1) is 9.90. The first-order valence-electron chi connectivity index (χ1n) is 5.46. The van der Waals surface area contributed by atoms with Crippen LogP contribution >= 0.6 is 0 Å². The molecule has 0 saturated carbocycles. The van der Waals surface area contributed by atoms with E-state index in [4.69, 9.17) is 10.3 Å². The zero-order chi connectivity index (χ0) is 11.8. The summed E-state index contributed by atoms with van der Waals surface area (Å²) in [5.41, 5.74) is 10.3. The number of aromatic nitrogens is 1. The summed E-state index contributed by atoms with van der Waals surface area (Å²) in [6.07, 6.45) is 0. The highest BCUT2D eigenvalue weighted by Crippen LogP contribution is 2.29. The average Bonchev–Trinajstić information content (AvgIpc) is 2.71. The highest BCUT2D eigenvalue weighted by molar-refractivity contribution is 5.92. The number of rotatable bonds is 1. The summed E-state index contributed by atoms with van der Waals surface area (Å²) in [5.74, 6) is 0. The van der Waals surface area contributed by atoms with Crippen LogP contribution in [0, 0.1) is 6.92 Å². The van der Waals surface area contributed by atoms with Gasteiger partial charge in [0, 0.05) is 16.6 Å². The van der Waals surface area contributed by atoms with Gasteiger partial charge in [0.05, 0.1) is 0 Å². The first-order valence-corrected chi connectivity index (χ1v) is 5.46. The number of aryl methyl sites for hydroxylation is 1. The molecule has 0 saturated heterocycles. The van der Waals surface area contributed by atoms with Crippen molar-refractivity contribution in [3.05, 3.63) is 48.0 Å². The standard InChI is InChI=1S/C14H12N2O/c1-9-5-6-13-12(7-9)14(16-17-13)10-3-2-4-11(15)8-10/h2-8H,15H2,1H3. The molecule has 3 heteroatoms. The molecule has 2 aromatic carbocycles. The summed E-state index contributed by atoms with van der Waals surface area (Å²) < 4.78 is 5.31. The van der Waals surface area contributed by atoms with Gasteiger partial charge in [0.1, 0.15) is 5.69 Å².